The Labute approximate surface area is 177 Å². The highest BCUT2D eigenvalue weighted by Crippen LogP contribution is 2.37. The maximum absolute atomic E-state index is 13.9. The van der Waals surface area contributed by atoms with Crippen LogP contribution < -0.4 is 9.46 Å². The summed E-state index contributed by atoms with van der Waals surface area (Å²) in [4.78, 5) is 14.4. The highest BCUT2D eigenvalue weighted by molar-refractivity contribution is 7.89. The molecule has 1 aromatic carbocycles. The second-order valence-electron chi connectivity index (χ2n) is 8.17. The van der Waals surface area contributed by atoms with Gasteiger partial charge in [-0.3, -0.25) is 4.79 Å². The number of ether oxygens (including phenoxy) is 1. The Kier molecular flexibility index (Phi) is 7.34. The zero-order valence-corrected chi connectivity index (χ0v) is 18.1. The first-order valence-electron chi connectivity index (χ1n) is 10.6. The number of likely N-dealkylation sites (tertiary alicyclic amines) is 1. The normalized spacial score (nSPS) is 24.4. The van der Waals surface area contributed by atoms with Gasteiger partial charge in [0, 0.05) is 43.5 Å². The SMILES string of the molecule is CCS(=O)(=O)NC1CCC(F)(F)CC1COc1ccc(C(=O)N2CCCCC2)cc1. The maximum Gasteiger partial charge on any atom is 0.253 e. The van der Waals surface area contributed by atoms with Crippen LogP contribution in [0.1, 0.15) is 55.8 Å². The highest BCUT2D eigenvalue weighted by Gasteiger charge is 2.42. The van der Waals surface area contributed by atoms with Crippen molar-refractivity contribution in [1.29, 1.82) is 0 Å². The summed E-state index contributed by atoms with van der Waals surface area (Å²) in [6, 6.07) is 6.10. The van der Waals surface area contributed by atoms with Crippen LogP contribution in [0, 0.1) is 5.92 Å². The quantitative estimate of drug-likeness (QED) is 0.699. The van der Waals surface area contributed by atoms with Crippen LogP contribution in [0.3, 0.4) is 0 Å². The van der Waals surface area contributed by atoms with Gasteiger partial charge in [0.2, 0.25) is 15.9 Å². The molecule has 0 aromatic heterocycles. The lowest BCUT2D eigenvalue weighted by molar-refractivity contribution is -0.0661. The van der Waals surface area contributed by atoms with Gasteiger partial charge in [-0.15, -0.1) is 0 Å². The van der Waals surface area contributed by atoms with E-state index >= 15 is 0 Å². The van der Waals surface area contributed by atoms with Crippen molar-refractivity contribution in [3.05, 3.63) is 29.8 Å². The fourth-order valence-corrected chi connectivity index (χ4v) is 4.99. The minimum absolute atomic E-state index is 0.0118. The van der Waals surface area contributed by atoms with Crippen molar-refractivity contribution in [1.82, 2.24) is 9.62 Å². The van der Waals surface area contributed by atoms with Crippen molar-refractivity contribution < 1.29 is 26.7 Å². The molecule has 2 aliphatic rings. The Hall–Kier alpha value is -1.74. The van der Waals surface area contributed by atoms with Gasteiger partial charge in [-0.2, -0.15) is 0 Å². The summed E-state index contributed by atoms with van der Waals surface area (Å²) in [6.45, 7) is 3.02. The summed E-state index contributed by atoms with van der Waals surface area (Å²) in [6.07, 6.45) is 2.49. The molecule has 3 rings (SSSR count). The molecule has 1 aliphatic heterocycles. The lowest BCUT2D eigenvalue weighted by atomic mass is 9.83. The molecule has 2 unspecified atom stereocenters. The Morgan fingerprint density at radius 3 is 2.50 bits per heavy atom. The molecule has 1 N–H and O–H groups in total. The highest BCUT2D eigenvalue weighted by atomic mass is 32.2. The van der Waals surface area contributed by atoms with Gasteiger partial charge in [-0.05, 0) is 56.9 Å². The first-order valence-corrected chi connectivity index (χ1v) is 12.2. The van der Waals surface area contributed by atoms with Crippen LogP contribution in [0.15, 0.2) is 24.3 Å². The molecule has 1 aromatic rings. The second kappa shape index (κ2) is 9.60. The van der Waals surface area contributed by atoms with E-state index in [1.54, 1.807) is 24.3 Å². The number of halogens is 2. The van der Waals surface area contributed by atoms with Crippen molar-refractivity contribution in [3.8, 4) is 5.75 Å². The lowest BCUT2D eigenvalue weighted by Crippen LogP contribution is -2.48. The van der Waals surface area contributed by atoms with E-state index in [9.17, 15) is 22.0 Å². The van der Waals surface area contributed by atoms with Crippen molar-refractivity contribution in [2.75, 3.05) is 25.4 Å². The number of rotatable bonds is 7. The molecule has 168 valence electrons. The summed E-state index contributed by atoms with van der Waals surface area (Å²) in [5.41, 5.74) is 0.571. The van der Waals surface area contributed by atoms with E-state index in [0.717, 1.165) is 32.4 Å². The first-order chi connectivity index (χ1) is 14.2. The summed E-state index contributed by atoms with van der Waals surface area (Å²) in [5, 5.41) is 0. The summed E-state index contributed by atoms with van der Waals surface area (Å²) in [5.74, 6) is -3.10. The molecule has 1 saturated heterocycles. The molecule has 30 heavy (non-hydrogen) atoms. The Morgan fingerprint density at radius 1 is 1.20 bits per heavy atom. The number of sulfonamides is 1. The van der Waals surface area contributed by atoms with Gasteiger partial charge in [-0.25, -0.2) is 21.9 Å². The molecule has 0 bridgehead atoms. The number of nitrogens with one attached hydrogen (secondary N) is 1. The minimum Gasteiger partial charge on any atom is -0.493 e. The molecule has 9 heteroatoms. The van der Waals surface area contributed by atoms with E-state index < -0.39 is 34.3 Å². The van der Waals surface area contributed by atoms with Gasteiger partial charge in [0.1, 0.15) is 5.75 Å². The molecule has 2 atom stereocenters. The molecule has 0 spiro atoms. The van der Waals surface area contributed by atoms with Gasteiger partial charge in [0.05, 0.1) is 12.4 Å². The van der Waals surface area contributed by atoms with Crippen molar-refractivity contribution >= 4 is 15.9 Å². The third-order valence-electron chi connectivity index (χ3n) is 5.87. The molecule has 1 aliphatic carbocycles. The van der Waals surface area contributed by atoms with E-state index in [2.05, 4.69) is 4.72 Å². The fourth-order valence-electron chi connectivity index (χ4n) is 4.05. The van der Waals surface area contributed by atoms with E-state index in [-0.39, 0.29) is 31.1 Å². The van der Waals surface area contributed by atoms with Gasteiger partial charge in [0.15, 0.2) is 0 Å². The number of carbonyl (C=O) groups excluding carboxylic acids is 1. The number of alkyl halides is 2. The Balaban J connectivity index is 1.61. The van der Waals surface area contributed by atoms with Crippen molar-refractivity contribution in [2.45, 2.75) is 57.4 Å². The van der Waals surface area contributed by atoms with Crippen molar-refractivity contribution in [2.24, 2.45) is 5.92 Å². The molecular formula is C21H30F2N2O4S. The molecule has 1 saturated carbocycles. The van der Waals surface area contributed by atoms with Crippen LogP contribution in [-0.2, 0) is 10.0 Å². The molecule has 6 nitrogen and oxygen atoms in total. The molecular weight excluding hydrogens is 414 g/mol. The molecule has 2 fully saturated rings. The van der Waals surface area contributed by atoms with E-state index in [1.807, 2.05) is 4.90 Å². The van der Waals surface area contributed by atoms with Crippen molar-refractivity contribution in [3.63, 3.8) is 0 Å². The fraction of sp³-hybridized carbons (Fsp3) is 0.667. The topological polar surface area (TPSA) is 75.7 Å². The van der Waals surface area contributed by atoms with E-state index in [0.29, 0.717) is 11.3 Å². The van der Waals surface area contributed by atoms with Gasteiger partial charge >= 0.3 is 0 Å². The number of benzene rings is 1. The third-order valence-corrected chi connectivity index (χ3v) is 7.29. The predicted octanol–water partition coefficient (Wildman–Crippen LogP) is 3.43. The zero-order chi connectivity index (χ0) is 21.8. The first kappa shape index (κ1) is 22.9. The second-order valence-corrected chi connectivity index (χ2v) is 10.2. The standard InChI is InChI=1S/C21H30F2N2O4S/c1-2-30(27,28)24-19-10-11-21(22,23)14-17(19)15-29-18-8-6-16(7-9-18)20(26)25-12-4-3-5-13-25/h6-9,17,19,24H,2-5,10-15H2,1H3. The van der Waals surface area contributed by atoms with Crippen LogP contribution in [-0.4, -0.2) is 56.6 Å². The zero-order valence-electron chi connectivity index (χ0n) is 17.3. The Morgan fingerprint density at radius 2 is 1.87 bits per heavy atom. The number of amides is 1. The van der Waals surface area contributed by atoms with Crippen LogP contribution in [0.2, 0.25) is 0 Å². The average molecular weight is 445 g/mol. The average Bonchev–Trinajstić information content (AvgIpc) is 2.74. The number of piperidine rings is 1. The number of nitrogens with zero attached hydrogens (tertiary/aromatic N) is 1. The third kappa shape index (κ3) is 6.14. The number of hydrogen-bond acceptors (Lipinski definition) is 4. The van der Waals surface area contributed by atoms with E-state index in [4.69, 9.17) is 4.74 Å². The monoisotopic (exact) mass is 444 g/mol. The summed E-state index contributed by atoms with van der Waals surface area (Å²) in [7, 11) is -3.49. The Bertz CT molecular complexity index is 824. The summed E-state index contributed by atoms with van der Waals surface area (Å²) >= 11 is 0. The maximum atomic E-state index is 13.9. The smallest absolute Gasteiger partial charge is 0.253 e. The largest absolute Gasteiger partial charge is 0.493 e. The minimum atomic E-state index is -3.49. The van der Waals surface area contributed by atoms with Gasteiger partial charge < -0.3 is 9.64 Å². The number of carbonyl (C=O) groups is 1. The van der Waals surface area contributed by atoms with Gasteiger partial charge in [-0.1, -0.05) is 0 Å². The van der Waals surface area contributed by atoms with Crippen LogP contribution in [0.5, 0.6) is 5.75 Å². The molecule has 0 radical (unpaired) electrons. The molecule has 1 heterocycles. The van der Waals surface area contributed by atoms with E-state index in [1.165, 1.54) is 6.92 Å². The lowest BCUT2D eigenvalue weighted by Gasteiger charge is -2.36. The predicted molar refractivity (Wildman–Crippen MR) is 110 cm³/mol. The summed E-state index contributed by atoms with van der Waals surface area (Å²) < 4.78 is 59.9. The van der Waals surface area contributed by atoms with Gasteiger partial charge in [0.25, 0.3) is 5.91 Å². The molecule has 1 amide bonds. The van der Waals surface area contributed by atoms with Crippen LogP contribution in [0.4, 0.5) is 8.78 Å². The van der Waals surface area contributed by atoms with Crippen LogP contribution >= 0.6 is 0 Å². The van der Waals surface area contributed by atoms with Crippen LogP contribution in [0.25, 0.3) is 0 Å². The number of hydrogen-bond donors (Lipinski definition) is 1.